The molecule has 0 unspecified atom stereocenters. The Labute approximate surface area is 125 Å². The highest BCUT2D eigenvalue weighted by atomic mass is 35.5. The molecule has 0 radical (unpaired) electrons. The van der Waals surface area contributed by atoms with E-state index < -0.39 is 10.0 Å². The van der Waals surface area contributed by atoms with Crippen molar-refractivity contribution in [2.75, 3.05) is 36.4 Å². The van der Waals surface area contributed by atoms with Gasteiger partial charge in [0.1, 0.15) is 0 Å². The molecule has 112 valence electrons. The highest BCUT2D eigenvalue weighted by molar-refractivity contribution is 7.92. The predicted octanol–water partition coefficient (Wildman–Crippen LogP) is 2.22. The molecular formula is C13H20ClN3O2S. The molecule has 0 amide bonds. The van der Waals surface area contributed by atoms with Crippen LogP contribution in [-0.4, -0.2) is 45.8 Å². The minimum absolute atomic E-state index is 0.372. The van der Waals surface area contributed by atoms with Gasteiger partial charge in [-0.3, -0.25) is 4.72 Å². The monoisotopic (exact) mass is 317 g/mol. The average Bonchev–Trinajstić information content (AvgIpc) is 2.34. The lowest BCUT2D eigenvalue weighted by Gasteiger charge is -2.30. The van der Waals surface area contributed by atoms with Gasteiger partial charge in [0, 0.05) is 6.04 Å². The Hall–Kier alpha value is -0.980. The first-order valence-corrected chi connectivity index (χ1v) is 8.83. The van der Waals surface area contributed by atoms with E-state index in [1.807, 2.05) is 0 Å². The molecular weight excluding hydrogens is 298 g/mol. The number of likely N-dealkylation sites (tertiary alicyclic amines) is 1. The Balaban J connectivity index is 2.08. The molecule has 1 aliphatic rings. The van der Waals surface area contributed by atoms with E-state index in [1.54, 1.807) is 18.2 Å². The third kappa shape index (κ3) is 4.54. The predicted molar refractivity (Wildman–Crippen MR) is 84.1 cm³/mol. The maximum absolute atomic E-state index is 11.3. The molecule has 1 aromatic carbocycles. The third-order valence-corrected chi connectivity index (χ3v) is 4.28. The van der Waals surface area contributed by atoms with Gasteiger partial charge in [-0.1, -0.05) is 11.6 Å². The standard InChI is InChI=1S/C13H20ClN3O2S/c1-17-7-5-10(6-8-17)15-13-9-11(3-4-12(13)14)16-20(2,18)19/h3-4,9-10,15-16H,5-8H2,1-2H3. The average molecular weight is 318 g/mol. The number of rotatable bonds is 4. The highest BCUT2D eigenvalue weighted by Gasteiger charge is 2.17. The molecule has 5 nitrogen and oxygen atoms in total. The van der Waals surface area contributed by atoms with Crippen LogP contribution >= 0.6 is 11.6 Å². The summed E-state index contributed by atoms with van der Waals surface area (Å²) in [4.78, 5) is 2.29. The Morgan fingerprint density at radius 1 is 1.30 bits per heavy atom. The van der Waals surface area contributed by atoms with Crippen LogP contribution in [0.4, 0.5) is 11.4 Å². The molecule has 1 saturated heterocycles. The second kappa shape index (κ2) is 6.20. The summed E-state index contributed by atoms with van der Waals surface area (Å²) in [7, 11) is -1.16. The minimum Gasteiger partial charge on any atom is -0.381 e. The van der Waals surface area contributed by atoms with E-state index in [2.05, 4.69) is 22.0 Å². The van der Waals surface area contributed by atoms with Gasteiger partial charge in [-0.15, -0.1) is 0 Å². The van der Waals surface area contributed by atoms with Crippen molar-refractivity contribution in [1.29, 1.82) is 0 Å². The summed E-state index contributed by atoms with van der Waals surface area (Å²) in [5.74, 6) is 0. The molecule has 0 bridgehead atoms. The fourth-order valence-electron chi connectivity index (χ4n) is 2.29. The summed E-state index contributed by atoms with van der Waals surface area (Å²) in [6, 6.07) is 5.47. The van der Waals surface area contributed by atoms with Crippen molar-refractivity contribution in [1.82, 2.24) is 4.90 Å². The number of anilines is 2. The van der Waals surface area contributed by atoms with E-state index in [-0.39, 0.29) is 0 Å². The van der Waals surface area contributed by atoms with Crippen LogP contribution in [0.3, 0.4) is 0 Å². The molecule has 0 spiro atoms. The van der Waals surface area contributed by atoms with Crippen molar-refractivity contribution in [2.24, 2.45) is 0 Å². The van der Waals surface area contributed by atoms with E-state index >= 15 is 0 Å². The Kier molecular flexibility index (Phi) is 4.78. The minimum atomic E-state index is -3.27. The molecule has 1 aliphatic heterocycles. The van der Waals surface area contributed by atoms with Crippen molar-refractivity contribution in [3.63, 3.8) is 0 Å². The molecule has 1 fully saturated rings. The first kappa shape index (κ1) is 15.4. The highest BCUT2D eigenvalue weighted by Crippen LogP contribution is 2.28. The molecule has 7 heteroatoms. The first-order valence-electron chi connectivity index (χ1n) is 6.56. The second-order valence-corrected chi connectivity index (χ2v) is 7.45. The molecule has 20 heavy (non-hydrogen) atoms. The lowest BCUT2D eigenvalue weighted by Crippen LogP contribution is -2.36. The maximum Gasteiger partial charge on any atom is 0.229 e. The zero-order chi connectivity index (χ0) is 14.8. The van der Waals surface area contributed by atoms with Crippen LogP contribution in [-0.2, 0) is 10.0 Å². The third-order valence-electron chi connectivity index (χ3n) is 3.35. The molecule has 0 aromatic heterocycles. The number of halogens is 1. The molecule has 0 saturated carbocycles. The van der Waals surface area contributed by atoms with Crippen LogP contribution in [0.1, 0.15) is 12.8 Å². The summed E-state index contributed by atoms with van der Waals surface area (Å²) >= 11 is 6.17. The van der Waals surface area contributed by atoms with Crippen molar-refractivity contribution in [2.45, 2.75) is 18.9 Å². The smallest absolute Gasteiger partial charge is 0.229 e. The number of nitrogens with one attached hydrogen (secondary N) is 2. The van der Waals surface area contributed by atoms with E-state index in [0.717, 1.165) is 37.9 Å². The Bertz CT molecular complexity index is 569. The van der Waals surface area contributed by atoms with E-state index in [4.69, 9.17) is 11.6 Å². The van der Waals surface area contributed by atoms with E-state index in [9.17, 15) is 8.42 Å². The van der Waals surface area contributed by atoms with Crippen LogP contribution in [0.15, 0.2) is 18.2 Å². The van der Waals surface area contributed by atoms with Crippen molar-refractivity contribution in [3.8, 4) is 0 Å². The first-order chi connectivity index (χ1) is 9.33. The second-order valence-electron chi connectivity index (χ2n) is 5.29. The molecule has 2 rings (SSSR count). The van der Waals surface area contributed by atoms with Gasteiger partial charge < -0.3 is 10.2 Å². The topological polar surface area (TPSA) is 61.4 Å². The van der Waals surface area contributed by atoms with Crippen LogP contribution in [0.2, 0.25) is 5.02 Å². The van der Waals surface area contributed by atoms with Crippen molar-refractivity contribution >= 4 is 33.0 Å². The Morgan fingerprint density at radius 2 is 1.95 bits per heavy atom. The molecule has 2 N–H and O–H groups in total. The lowest BCUT2D eigenvalue weighted by atomic mass is 10.1. The van der Waals surface area contributed by atoms with Crippen LogP contribution < -0.4 is 10.0 Å². The van der Waals surface area contributed by atoms with E-state index in [0.29, 0.717) is 16.8 Å². The number of hydrogen-bond acceptors (Lipinski definition) is 4. The molecule has 0 atom stereocenters. The summed E-state index contributed by atoms with van der Waals surface area (Å²) < 4.78 is 25.0. The number of hydrogen-bond donors (Lipinski definition) is 2. The van der Waals surface area contributed by atoms with Crippen LogP contribution in [0.5, 0.6) is 0 Å². The normalized spacial score (nSPS) is 17.9. The molecule has 1 aromatic rings. The fraction of sp³-hybridized carbons (Fsp3) is 0.538. The summed E-state index contributed by atoms with van der Waals surface area (Å²) in [5, 5.41) is 4.00. The summed E-state index contributed by atoms with van der Waals surface area (Å²) in [6.07, 6.45) is 3.23. The van der Waals surface area contributed by atoms with Gasteiger partial charge in [0.2, 0.25) is 10.0 Å². The number of nitrogens with zero attached hydrogens (tertiary/aromatic N) is 1. The van der Waals surface area contributed by atoms with Crippen LogP contribution in [0.25, 0.3) is 0 Å². The van der Waals surface area contributed by atoms with Gasteiger partial charge in [0.15, 0.2) is 0 Å². The zero-order valence-electron chi connectivity index (χ0n) is 11.7. The number of sulfonamides is 1. The zero-order valence-corrected chi connectivity index (χ0v) is 13.3. The van der Waals surface area contributed by atoms with Crippen molar-refractivity contribution in [3.05, 3.63) is 23.2 Å². The van der Waals surface area contributed by atoms with Gasteiger partial charge in [-0.25, -0.2) is 8.42 Å². The van der Waals surface area contributed by atoms with Gasteiger partial charge >= 0.3 is 0 Å². The van der Waals surface area contributed by atoms with Crippen molar-refractivity contribution < 1.29 is 8.42 Å². The summed E-state index contributed by atoms with van der Waals surface area (Å²) in [5.41, 5.74) is 1.29. The molecule has 1 heterocycles. The Morgan fingerprint density at radius 3 is 2.55 bits per heavy atom. The maximum atomic E-state index is 11.3. The number of piperidine rings is 1. The van der Waals surface area contributed by atoms with Gasteiger partial charge in [-0.05, 0) is 51.2 Å². The SMILES string of the molecule is CN1CCC(Nc2cc(NS(C)(=O)=O)ccc2Cl)CC1. The largest absolute Gasteiger partial charge is 0.381 e. The fourth-order valence-corrected chi connectivity index (χ4v) is 3.01. The van der Waals surface area contributed by atoms with Crippen LogP contribution in [0, 0.1) is 0 Å². The van der Waals surface area contributed by atoms with Gasteiger partial charge in [0.25, 0.3) is 0 Å². The van der Waals surface area contributed by atoms with Gasteiger partial charge in [-0.2, -0.15) is 0 Å². The summed E-state index contributed by atoms with van der Waals surface area (Å²) in [6.45, 7) is 2.10. The van der Waals surface area contributed by atoms with E-state index in [1.165, 1.54) is 0 Å². The quantitative estimate of drug-likeness (QED) is 0.894. The molecule has 0 aliphatic carbocycles. The number of benzene rings is 1. The lowest BCUT2D eigenvalue weighted by molar-refractivity contribution is 0.264. The van der Waals surface area contributed by atoms with Gasteiger partial charge in [0.05, 0.1) is 22.7 Å².